The molecule has 0 aliphatic heterocycles. The van der Waals surface area contributed by atoms with E-state index in [1.165, 1.54) is 4.90 Å². The van der Waals surface area contributed by atoms with Gasteiger partial charge in [-0.25, -0.2) is 0 Å². The van der Waals surface area contributed by atoms with Crippen molar-refractivity contribution in [3.63, 3.8) is 0 Å². The summed E-state index contributed by atoms with van der Waals surface area (Å²) < 4.78 is 0. The molecule has 0 saturated heterocycles. The fourth-order valence-electron chi connectivity index (χ4n) is 2.31. The van der Waals surface area contributed by atoms with E-state index in [0.717, 1.165) is 11.3 Å². The first kappa shape index (κ1) is 19.0. The van der Waals surface area contributed by atoms with Gasteiger partial charge in [0.2, 0.25) is 0 Å². The van der Waals surface area contributed by atoms with E-state index >= 15 is 0 Å². The number of rotatable bonds is 5. The van der Waals surface area contributed by atoms with Gasteiger partial charge in [0.05, 0.1) is 0 Å². The Hall–Kier alpha value is -2.29. The monoisotopic (exact) mass is 366 g/mol. The molecule has 126 valence electrons. The Morgan fingerprint density at radius 3 is 2.12 bits per heavy atom. The summed E-state index contributed by atoms with van der Waals surface area (Å²) in [6.07, 6.45) is 0. The molecule has 0 fully saturated rings. The molecule has 25 heavy (non-hydrogen) atoms. The van der Waals surface area contributed by atoms with Crippen LogP contribution in [-0.4, -0.2) is 5.78 Å². The standard InChI is InChI=1S/C20H15ClOS.C2H4/c21-17-12-11-16(14-23-18-9-5-2-6-10-18)19(13-17)20(22)15-7-3-1-4-8-15;1-2/h1-13H,14H2;1-2H2. The molecular weight excluding hydrogens is 348 g/mol. The van der Waals surface area contributed by atoms with Gasteiger partial charge in [0, 0.05) is 26.8 Å². The number of carbonyl (C=O) groups is 1. The van der Waals surface area contributed by atoms with E-state index in [4.69, 9.17) is 11.6 Å². The van der Waals surface area contributed by atoms with Crippen LogP contribution < -0.4 is 0 Å². The molecule has 0 amide bonds. The van der Waals surface area contributed by atoms with Crippen molar-refractivity contribution in [3.8, 4) is 0 Å². The first-order valence-electron chi connectivity index (χ1n) is 7.80. The lowest BCUT2D eigenvalue weighted by Crippen LogP contribution is -2.05. The molecular formula is C22H19ClOS. The fourth-order valence-corrected chi connectivity index (χ4v) is 3.40. The largest absolute Gasteiger partial charge is 0.289 e. The average Bonchev–Trinajstić information content (AvgIpc) is 2.69. The Morgan fingerprint density at radius 2 is 1.48 bits per heavy atom. The fraction of sp³-hybridized carbons (Fsp3) is 0.0455. The van der Waals surface area contributed by atoms with Gasteiger partial charge >= 0.3 is 0 Å². The number of carbonyl (C=O) groups excluding carboxylic acids is 1. The third-order valence-corrected chi connectivity index (χ3v) is 4.79. The third kappa shape index (κ3) is 5.35. The summed E-state index contributed by atoms with van der Waals surface area (Å²) in [7, 11) is 0. The van der Waals surface area contributed by atoms with Gasteiger partial charge in [-0.15, -0.1) is 24.9 Å². The van der Waals surface area contributed by atoms with Crippen LogP contribution in [-0.2, 0) is 5.75 Å². The first-order valence-corrected chi connectivity index (χ1v) is 9.16. The van der Waals surface area contributed by atoms with Crippen LogP contribution in [0.25, 0.3) is 0 Å². The molecule has 0 aromatic heterocycles. The zero-order valence-corrected chi connectivity index (χ0v) is 15.4. The number of thioether (sulfide) groups is 1. The molecule has 0 N–H and O–H groups in total. The van der Waals surface area contributed by atoms with E-state index in [1.54, 1.807) is 17.8 Å². The summed E-state index contributed by atoms with van der Waals surface area (Å²) in [5.41, 5.74) is 2.35. The van der Waals surface area contributed by atoms with E-state index < -0.39 is 0 Å². The SMILES string of the molecule is C=C.O=C(c1ccccc1)c1cc(Cl)ccc1CSc1ccccc1. The van der Waals surface area contributed by atoms with Gasteiger partial charge in [-0.2, -0.15) is 0 Å². The van der Waals surface area contributed by atoms with Crippen molar-refractivity contribution in [1.29, 1.82) is 0 Å². The van der Waals surface area contributed by atoms with Crippen LogP contribution in [0.15, 0.2) is 96.9 Å². The molecule has 0 unspecified atom stereocenters. The minimum atomic E-state index is 0.0109. The second-order valence-corrected chi connectivity index (χ2v) is 6.58. The van der Waals surface area contributed by atoms with Crippen LogP contribution in [0.4, 0.5) is 0 Å². The van der Waals surface area contributed by atoms with E-state index in [2.05, 4.69) is 25.3 Å². The van der Waals surface area contributed by atoms with Crippen molar-refractivity contribution in [2.75, 3.05) is 0 Å². The van der Waals surface area contributed by atoms with E-state index in [1.807, 2.05) is 60.7 Å². The molecule has 3 aromatic carbocycles. The Labute approximate surface area is 158 Å². The third-order valence-electron chi connectivity index (χ3n) is 3.49. The van der Waals surface area contributed by atoms with Gasteiger partial charge in [-0.05, 0) is 29.8 Å². The van der Waals surface area contributed by atoms with Crippen LogP contribution in [0.2, 0.25) is 5.02 Å². The van der Waals surface area contributed by atoms with E-state index in [9.17, 15) is 4.79 Å². The minimum absolute atomic E-state index is 0.0109. The zero-order chi connectivity index (χ0) is 18.1. The maximum Gasteiger partial charge on any atom is 0.193 e. The molecule has 0 bridgehead atoms. The molecule has 0 aliphatic rings. The first-order chi connectivity index (χ1) is 12.2. The van der Waals surface area contributed by atoms with Crippen molar-refractivity contribution >= 4 is 29.1 Å². The van der Waals surface area contributed by atoms with Gasteiger partial charge in [0.15, 0.2) is 5.78 Å². The van der Waals surface area contributed by atoms with Crippen molar-refractivity contribution in [2.45, 2.75) is 10.6 Å². The van der Waals surface area contributed by atoms with Crippen LogP contribution in [0, 0.1) is 0 Å². The highest BCUT2D eigenvalue weighted by atomic mass is 35.5. The highest BCUT2D eigenvalue weighted by Gasteiger charge is 2.14. The molecule has 0 aliphatic carbocycles. The molecule has 0 atom stereocenters. The molecule has 0 radical (unpaired) electrons. The number of hydrogen-bond acceptors (Lipinski definition) is 2. The van der Waals surface area contributed by atoms with Crippen molar-refractivity contribution in [2.24, 2.45) is 0 Å². The minimum Gasteiger partial charge on any atom is -0.289 e. The lowest BCUT2D eigenvalue weighted by atomic mass is 9.99. The lowest BCUT2D eigenvalue weighted by Gasteiger charge is -2.10. The summed E-state index contributed by atoms with van der Waals surface area (Å²) in [4.78, 5) is 13.9. The predicted molar refractivity (Wildman–Crippen MR) is 109 cm³/mol. The van der Waals surface area contributed by atoms with Crippen LogP contribution >= 0.6 is 23.4 Å². The lowest BCUT2D eigenvalue weighted by molar-refractivity contribution is 0.103. The molecule has 0 heterocycles. The molecule has 3 aromatic rings. The number of halogens is 1. The van der Waals surface area contributed by atoms with Gasteiger partial charge in [0.25, 0.3) is 0 Å². The Balaban J connectivity index is 0.00000109. The normalized spacial score (nSPS) is 9.80. The zero-order valence-electron chi connectivity index (χ0n) is 13.8. The summed E-state index contributed by atoms with van der Waals surface area (Å²) in [6.45, 7) is 6.00. The molecule has 1 nitrogen and oxygen atoms in total. The van der Waals surface area contributed by atoms with Crippen LogP contribution in [0.3, 0.4) is 0 Å². The summed E-state index contributed by atoms with van der Waals surface area (Å²) in [6, 6.07) is 25.0. The second-order valence-electron chi connectivity index (χ2n) is 5.10. The Kier molecular flexibility index (Phi) is 7.52. The number of ketones is 1. The predicted octanol–water partition coefficient (Wildman–Crippen LogP) is 6.67. The highest BCUT2D eigenvalue weighted by molar-refractivity contribution is 7.98. The van der Waals surface area contributed by atoms with Gasteiger partial charge in [0.1, 0.15) is 0 Å². The van der Waals surface area contributed by atoms with E-state index in [-0.39, 0.29) is 5.78 Å². The van der Waals surface area contributed by atoms with Gasteiger partial charge in [-0.3, -0.25) is 4.79 Å². The smallest absolute Gasteiger partial charge is 0.193 e. The van der Waals surface area contributed by atoms with Crippen LogP contribution in [0.5, 0.6) is 0 Å². The average molecular weight is 367 g/mol. The summed E-state index contributed by atoms with van der Waals surface area (Å²) in [5.74, 6) is 0.742. The van der Waals surface area contributed by atoms with E-state index in [0.29, 0.717) is 16.1 Å². The van der Waals surface area contributed by atoms with Crippen molar-refractivity contribution < 1.29 is 4.79 Å². The highest BCUT2D eigenvalue weighted by Crippen LogP contribution is 2.27. The second kappa shape index (κ2) is 9.87. The topological polar surface area (TPSA) is 17.1 Å². The van der Waals surface area contributed by atoms with Gasteiger partial charge in [-0.1, -0.05) is 66.2 Å². The quantitative estimate of drug-likeness (QED) is 0.285. The number of benzene rings is 3. The van der Waals surface area contributed by atoms with Gasteiger partial charge < -0.3 is 0 Å². The molecule has 0 saturated carbocycles. The Morgan fingerprint density at radius 1 is 0.880 bits per heavy atom. The van der Waals surface area contributed by atoms with Crippen molar-refractivity contribution in [3.05, 3.63) is 114 Å². The summed E-state index contributed by atoms with van der Waals surface area (Å²) >= 11 is 7.82. The Bertz CT molecular complexity index is 816. The maximum atomic E-state index is 12.8. The molecule has 3 heteroatoms. The van der Waals surface area contributed by atoms with Crippen LogP contribution in [0.1, 0.15) is 21.5 Å². The molecule has 0 spiro atoms. The summed E-state index contributed by atoms with van der Waals surface area (Å²) in [5, 5.41) is 0.581. The maximum absolute atomic E-state index is 12.8. The number of hydrogen-bond donors (Lipinski definition) is 0. The van der Waals surface area contributed by atoms with Crippen molar-refractivity contribution in [1.82, 2.24) is 0 Å². The molecule has 3 rings (SSSR count).